The number of nitrogens with two attached hydrogens (primary N) is 1. The van der Waals surface area contributed by atoms with E-state index < -0.39 is 0 Å². The molecule has 25 heavy (non-hydrogen) atoms. The van der Waals surface area contributed by atoms with Crippen LogP contribution in [0.2, 0.25) is 0 Å². The first-order valence-corrected chi connectivity index (χ1v) is 9.58. The Balaban J connectivity index is 0.000000147. The molecule has 5 heteroatoms. The molecule has 3 unspecified atom stereocenters. The SMILES string of the molecule is CN1CCC2CN(c3ccc(N)cc3)C=C21.CN1CCC2CNCC21. The summed E-state index contributed by atoms with van der Waals surface area (Å²) in [5.41, 5.74) is 9.25. The molecule has 1 aromatic carbocycles. The molecule has 1 aromatic rings. The zero-order chi connectivity index (χ0) is 17.4. The highest BCUT2D eigenvalue weighted by atomic mass is 15.2. The van der Waals surface area contributed by atoms with E-state index >= 15 is 0 Å². The molecule has 5 rings (SSSR count). The van der Waals surface area contributed by atoms with E-state index in [1.54, 1.807) is 0 Å². The molecule has 0 radical (unpaired) electrons. The van der Waals surface area contributed by atoms with Gasteiger partial charge in [-0.05, 0) is 63.2 Å². The quantitative estimate of drug-likeness (QED) is 0.763. The second kappa shape index (κ2) is 6.89. The van der Waals surface area contributed by atoms with Crippen molar-refractivity contribution in [2.24, 2.45) is 11.8 Å². The van der Waals surface area contributed by atoms with Gasteiger partial charge in [0.05, 0.1) is 0 Å². The van der Waals surface area contributed by atoms with Crippen LogP contribution in [0.3, 0.4) is 0 Å². The number of nitrogen functional groups attached to an aromatic ring is 1. The Morgan fingerprint density at radius 1 is 1.04 bits per heavy atom. The molecule has 3 atom stereocenters. The van der Waals surface area contributed by atoms with Crippen LogP contribution in [0.15, 0.2) is 36.2 Å². The second-order valence-corrected chi connectivity index (χ2v) is 7.96. The highest BCUT2D eigenvalue weighted by Crippen LogP contribution is 2.35. The molecular formula is C20H31N5. The van der Waals surface area contributed by atoms with E-state index in [1.807, 2.05) is 12.1 Å². The predicted molar refractivity (Wildman–Crippen MR) is 104 cm³/mol. The van der Waals surface area contributed by atoms with Crippen molar-refractivity contribution >= 4 is 11.4 Å². The number of fused-ring (bicyclic) bond motifs is 2. The van der Waals surface area contributed by atoms with E-state index in [9.17, 15) is 0 Å². The molecule has 5 nitrogen and oxygen atoms in total. The third-order valence-electron chi connectivity index (χ3n) is 6.32. The first-order chi connectivity index (χ1) is 12.1. The Hall–Kier alpha value is -1.72. The number of likely N-dealkylation sites (N-methyl/N-ethyl adjacent to an activating group) is 1. The smallest absolute Gasteiger partial charge is 0.0408 e. The minimum atomic E-state index is 0.725. The number of hydrogen-bond acceptors (Lipinski definition) is 5. The molecule has 0 saturated carbocycles. The highest BCUT2D eigenvalue weighted by Gasteiger charge is 2.35. The molecular weight excluding hydrogens is 310 g/mol. The number of likely N-dealkylation sites (tertiary alicyclic amines) is 2. The summed E-state index contributed by atoms with van der Waals surface area (Å²) in [6.07, 6.45) is 4.98. The summed E-state index contributed by atoms with van der Waals surface area (Å²) in [5.74, 6) is 1.69. The molecule has 0 aromatic heterocycles. The second-order valence-electron chi connectivity index (χ2n) is 7.96. The summed E-state index contributed by atoms with van der Waals surface area (Å²) in [6.45, 7) is 6.11. The minimum Gasteiger partial charge on any atom is -0.399 e. The van der Waals surface area contributed by atoms with Crippen LogP contribution in [0.5, 0.6) is 0 Å². The standard InChI is InChI=1S/C13H17N3.C7H14N2/c1-15-7-6-10-8-16(9-13(10)15)12-4-2-11(14)3-5-12;1-9-3-2-6-4-8-5-7(6)9/h2-5,9-10H,6-8,14H2,1H3;6-8H,2-5H2,1H3. The summed E-state index contributed by atoms with van der Waals surface area (Å²) in [6, 6.07) is 8.98. The first kappa shape index (κ1) is 16.7. The van der Waals surface area contributed by atoms with Crippen molar-refractivity contribution in [2.45, 2.75) is 18.9 Å². The van der Waals surface area contributed by atoms with Crippen LogP contribution in [-0.2, 0) is 0 Å². The Labute approximate surface area is 151 Å². The van der Waals surface area contributed by atoms with Gasteiger partial charge in [-0.1, -0.05) is 0 Å². The fraction of sp³-hybridized carbons (Fsp3) is 0.600. The lowest BCUT2D eigenvalue weighted by atomic mass is 10.1. The molecule has 3 N–H and O–H groups in total. The van der Waals surface area contributed by atoms with E-state index in [0.717, 1.165) is 30.1 Å². The average Bonchev–Trinajstić information content (AvgIpc) is 3.35. The van der Waals surface area contributed by atoms with Crippen LogP contribution in [0.1, 0.15) is 12.8 Å². The van der Waals surface area contributed by atoms with Crippen molar-refractivity contribution in [2.75, 3.05) is 57.5 Å². The normalized spacial score (nSPS) is 30.8. The third kappa shape index (κ3) is 3.35. The molecule has 3 fully saturated rings. The van der Waals surface area contributed by atoms with Crippen molar-refractivity contribution in [3.8, 4) is 0 Å². The lowest BCUT2D eigenvalue weighted by Crippen LogP contribution is -2.30. The van der Waals surface area contributed by atoms with E-state index in [4.69, 9.17) is 5.73 Å². The topological polar surface area (TPSA) is 47.8 Å². The molecule has 4 heterocycles. The molecule has 4 aliphatic heterocycles. The first-order valence-electron chi connectivity index (χ1n) is 9.58. The summed E-state index contributed by atoms with van der Waals surface area (Å²) >= 11 is 0. The van der Waals surface area contributed by atoms with Gasteiger partial charge in [0.25, 0.3) is 0 Å². The van der Waals surface area contributed by atoms with Crippen molar-refractivity contribution in [3.05, 3.63) is 36.2 Å². The maximum Gasteiger partial charge on any atom is 0.0408 e. The van der Waals surface area contributed by atoms with Gasteiger partial charge < -0.3 is 25.8 Å². The van der Waals surface area contributed by atoms with Crippen molar-refractivity contribution < 1.29 is 0 Å². The van der Waals surface area contributed by atoms with Crippen molar-refractivity contribution in [3.63, 3.8) is 0 Å². The van der Waals surface area contributed by atoms with Crippen LogP contribution >= 0.6 is 0 Å². The summed E-state index contributed by atoms with van der Waals surface area (Å²) in [7, 11) is 4.41. The van der Waals surface area contributed by atoms with Crippen LogP contribution in [0.25, 0.3) is 0 Å². The number of nitrogens with zero attached hydrogens (tertiary/aromatic N) is 3. The van der Waals surface area contributed by atoms with Gasteiger partial charge in [0.2, 0.25) is 0 Å². The molecule has 0 bridgehead atoms. The largest absolute Gasteiger partial charge is 0.399 e. The Kier molecular flexibility index (Phi) is 4.61. The van der Waals surface area contributed by atoms with E-state index in [-0.39, 0.29) is 0 Å². The van der Waals surface area contributed by atoms with Crippen LogP contribution in [0, 0.1) is 11.8 Å². The molecule has 3 saturated heterocycles. The fourth-order valence-electron chi connectivity index (χ4n) is 4.69. The fourth-order valence-corrected chi connectivity index (χ4v) is 4.69. The monoisotopic (exact) mass is 341 g/mol. The maximum atomic E-state index is 5.70. The lowest BCUT2D eigenvalue weighted by molar-refractivity contribution is 0.308. The molecule has 0 spiro atoms. The van der Waals surface area contributed by atoms with Gasteiger partial charge in [0.1, 0.15) is 0 Å². The van der Waals surface area contributed by atoms with E-state index in [1.165, 1.54) is 50.4 Å². The Morgan fingerprint density at radius 2 is 1.84 bits per heavy atom. The summed E-state index contributed by atoms with van der Waals surface area (Å²) < 4.78 is 0. The molecule has 4 aliphatic rings. The molecule has 0 aliphatic carbocycles. The summed E-state index contributed by atoms with van der Waals surface area (Å²) in [4.78, 5) is 7.17. The molecule has 0 amide bonds. The minimum absolute atomic E-state index is 0.725. The van der Waals surface area contributed by atoms with Crippen molar-refractivity contribution in [1.29, 1.82) is 0 Å². The predicted octanol–water partition coefficient (Wildman–Crippen LogP) is 1.79. The van der Waals surface area contributed by atoms with Crippen LogP contribution < -0.4 is 16.0 Å². The van der Waals surface area contributed by atoms with Crippen LogP contribution in [-0.4, -0.2) is 62.7 Å². The zero-order valence-corrected chi connectivity index (χ0v) is 15.5. The highest BCUT2D eigenvalue weighted by molar-refractivity contribution is 5.56. The number of nitrogens with one attached hydrogen (secondary N) is 1. The average molecular weight is 342 g/mol. The number of rotatable bonds is 1. The molecule has 136 valence electrons. The number of anilines is 2. The third-order valence-corrected chi connectivity index (χ3v) is 6.32. The Morgan fingerprint density at radius 3 is 2.56 bits per heavy atom. The van der Waals surface area contributed by atoms with Gasteiger partial charge in [-0.3, -0.25) is 0 Å². The maximum absolute atomic E-state index is 5.70. The van der Waals surface area contributed by atoms with Crippen LogP contribution in [0.4, 0.5) is 11.4 Å². The van der Waals surface area contributed by atoms with Crippen molar-refractivity contribution in [1.82, 2.24) is 15.1 Å². The van der Waals surface area contributed by atoms with E-state index in [0.29, 0.717) is 0 Å². The van der Waals surface area contributed by atoms with Gasteiger partial charge in [-0.2, -0.15) is 0 Å². The Bertz CT molecular complexity index is 625. The number of benzene rings is 1. The van der Waals surface area contributed by atoms with Gasteiger partial charge in [-0.25, -0.2) is 0 Å². The zero-order valence-electron chi connectivity index (χ0n) is 15.5. The number of hydrogen-bond donors (Lipinski definition) is 2. The van der Waals surface area contributed by atoms with Gasteiger partial charge in [0, 0.05) is 61.9 Å². The lowest BCUT2D eigenvalue weighted by Gasteiger charge is -2.17. The van der Waals surface area contributed by atoms with E-state index in [2.05, 4.69) is 52.4 Å². The van der Waals surface area contributed by atoms with Gasteiger partial charge in [0.15, 0.2) is 0 Å². The van der Waals surface area contributed by atoms with Gasteiger partial charge >= 0.3 is 0 Å². The van der Waals surface area contributed by atoms with Gasteiger partial charge in [-0.15, -0.1) is 0 Å². The summed E-state index contributed by atoms with van der Waals surface area (Å²) in [5, 5.41) is 3.41.